The van der Waals surface area contributed by atoms with Gasteiger partial charge in [-0.2, -0.15) is 11.8 Å². The highest BCUT2D eigenvalue weighted by molar-refractivity contribution is 8.00. The van der Waals surface area contributed by atoms with Crippen LogP contribution >= 0.6 is 11.8 Å². The summed E-state index contributed by atoms with van der Waals surface area (Å²) in [6.07, 6.45) is 6.32. The normalized spacial score (nSPS) is 11.5. The van der Waals surface area contributed by atoms with Crippen LogP contribution in [-0.2, 0) is 6.42 Å². The lowest BCUT2D eigenvalue weighted by Gasteiger charge is -2.30. The largest absolute Gasteiger partial charge is 0.368 e. The van der Waals surface area contributed by atoms with Crippen molar-refractivity contribution in [1.29, 1.82) is 0 Å². The molecule has 4 N–H and O–H groups in total. The standard InChI is InChI=1S/C15H29N5S/c1-6-9-12-18-13(11(4)14(19-12)20-16)17-10-15(7-2,8-3)21-5/h6-10,16H2,1-5H3,(H2,17,18,19,20). The number of nitrogen functional groups attached to an aromatic ring is 1. The van der Waals surface area contributed by atoms with Gasteiger partial charge < -0.3 is 10.7 Å². The Kier molecular flexibility index (Phi) is 7.25. The lowest BCUT2D eigenvalue weighted by molar-refractivity contribution is 0.573. The molecule has 5 nitrogen and oxygen atoms in total. The summed E-state index contributed by atoms with van der Waals surface area (Å²) in [6.45, 7) is 9.49. The number of hydrogen-bond donors (Lipinski definition) is 3. The maximum absolute atomic E-state index is 5.57. The molecule has 21 heavy (non-hydrogen) atoms. The first-order valence-corrected chi connectivity index (χ1v) is 8.91. The number of hydrazine groups is 1. The Balaban J connectivity index is 2.98. The molecule has 0 bridgehead atoms. The first-order valence-electron chi connectivity index (χ1n) is 7.68. The zero-order valence-electron chi connectivity index (χ0n) is 13.9. The van der Waals surface area contributed by atoms with E-state index in [0.29, 0.717) is 5.82 Å². The SMILES string of the molecule is CCCc1nc(NN)c(C)c(NCC(CC)(CC)SC)n1. The van der Waals surface area contributed by atoms with E-state index >= 15 is 0 Å². The molecule has 1 rings (SSSR count). The number of nitrogens with two attached hydrogens (primary N) is 1. The molecule has 0 unspecified atom stereocenters. The van der Waals surface area contributed by atoms with Crippen LogP contribution in [0.4, 0.5) is 11.6 Å². The molecule has 0 spiro atoms. The molecule has 1 heterocycles. The van der Waals surface area contributed by atoms with Gasteiger partial charge in [-0.25, -0.2) is 15.8 Å². The highest BCUT2D eigenvalue weighted by Crippen LogP contribution is 2.31. The van der Waals surface area contributed by atoms with E-state index in [2.05, 4.69) is 47.7 Å². The van der Waals surface area contributed by atoms with Crippen LogP contribution < -0.4 is 16.6 Å². The predicted molar refractivity (Wildman–Crippen MR) is 93.9 cm³/mol. The van der Waals surface area contributed by atoms with Gasteiger partial charge in [-0.05, 0) is 32.4 Å². The van der Waals surface area contributed by atoms with Crippen molar-refractivity contribution >= 4 is 23.4 Å². The van der Waals surface area contributed by atoms with Crippen molar-refractivity contribution in [2.24, 2.45) is 5.84 Å². The Morgan fingerprint density at radius 2 is 1.76 bits per heavy atom. The van der Waals surface area contributed by atoms with Crippen molar-refractivity contribution in [2.45, 2.75) is 58.1 Å². The Morgan fingerprint density at radius 3 is 2.24 bits per heavy atom. The van der Waals surface area contributed by atoms with Crippen molar-refractivity contribution in [1.82, 2.24) is 9.97 Å². The fourth-order valence-corrected chi connectivity index (χ4v) is 3.11. The van der Waals surface area contributed by atoms with Crippen molar-refractivity contribution in [2.75, 3.05) is 23.5 Å². The van der Waals surface area contributed by atoms with Crippen molar-refractivity contribution < 1.29 is 0 Å². The van der Waals surface area contributed by atoms with Crippen LogP contribution in [0, 0.1) is 6.92 Å². The second-order valence-corrected chi connectivity index (χ2v) is 6.58. The molecular weight excluding hydrogens is 282 g/mol. The van der Waals surface area contributed by atoms with E-state index in [1.807, 2.05) is 18.7 Å². The van der Waals surface area contributed by atoms with Crippen molar-refractivity contribution in [3.8, 4) is 0 Å². The number of aromatic nitrogens is 2. The molecule has 6 heteroatoms. The smallest absolute Gasteiger partial charge is 0.148 e. The van der Waals surface area contributed by atoms with E-state index in [9.17, 15) is 0 Å². The molecule has 0 radical (unpaired) electrons. The molecular formula is C15H29N5S. The van der Waals surface area contributed by atoms with E-state index in [1.54, 1.807) is 0 Å². The Labute approximate surface area is 132 Å². The molecule has 0 saturated heterocycles. The van der Waals surface area contributed by atoms with E-state index in [-0.39, 0.29) is 4.75 Å². The van der Waals surface area contributed by atoms with Gasteiger partial charge in [0.15, 0.2) is 0 Å². The monoisotopic (exact) mass is 311 g/mol. The van der Waals surface area contributed by atoms with E-state index in [1.165, 1.54) is 0 Å². The zero-order chi connectivity index (χ0) is 15.9. The zero-order valence-corrected chi connectivity index (χ0v) is 14.7. The summed E-state index contributed by atoms with van der Waals surface area (Å²) < 4.78 is 0.249. The van der Waals surface area contributed by atoms with Crippen molar-refractivity contribution in [3.05, 3.63) is 11.4 Å². The van der Waals surface area contributed by atoms with Gasteiger partial charge >= 0.3 is 0 Å². The van der Waals surface area contributed by atoms with Crippen LogP contribution in [-0.4, -0.2) is 27.5 Å². The molecule has 1 aromatic rings. The van der Waals surface area contributed by atoms with Crippen LogP contribution in [0.5, 0.6) is 0 Å². The summed E-state index contributed by atoms with van der Waals surface area (Å²) >= 11 is 1.92. The van der Waals surface area contributed by atoms with Crippen LogP contribution in [0.2, 0.25) is 0 Å². The lowest BCUT2D eigenvalue weighted by atomic mass is 10.0. The van der Waals surface area contributed by atoms with Gasteiger partial charge in [-0.1, -0.05) is 20.8 Å². The minimum absolute atomic E-state index is 0.249. The molecule has 0 aliphatic rings. The molecule has 0 saturated carbocycles. The third kappa shape index (κ3) is 4.48. The predicted octanol–water partition coefficient (Wildman–Crippen LogP) is 3.36. The number of anilines is 2. The highest BCUT2D eigenvalue weighted by Gasteiger charge is 2.25. The number of nitrogens with one attached hydrogen (secondary N) is 2. The minimum atomic E-state index is 0.249. The maximum atomic E-state index is 5.57. The number of rotatable bonds is 9. The first kappa shape index (κ1) is 18.0. The summed E-state index contributed by atoms with van der Waals surface area (Å²) in [5.74, 6) is 8.01. The molecule has 1 aromatic heterocycles. The van der Waals surface area contributed by atoms with E-state index in [0.717, 1.165) is 49.4 Å². The number of hydrogen-bond acceptors (Lipinski definition) is 6. The second-order valence-electron chi connectivity index (χ2n) is 5.30. The quantitative estimate of drug-likeness (QED) is 0.479. The number of thioether (sulfide) groups is 1. The Bertz CT molecular complexity index is 438. The molecule has 0 aliphatic carbocycles. The molecule has 0 aliphatic heterocycles. The third-order valence-electron chi connectivity index (χ3n) is 4.10. The van der Waals surface area contributed by atoms with Crippen LogP contribution in [0.15, 0.2) is 0 Å². The van der Waals surface area contributed by atoms with E-state index in [4.69, 9.17) is 5.84 Å². The van der Waals surface area contributed by atoms with Gasteiger partial charge in [0.05, 0.1) is 0 Å². The topological polar surface area (TPSA) is 75.9 Å². The summed E-state index contributed by atoms with van der Waals surface area (Å²) in [4.78, 5) is 9.10. The van der Waals surface area contributed by atoms with Gasteiger partial charge in [0.1, 0.15) is 17.5 Å². The van der Waals surface area contributed by atoms with Gasteiger partial charge in [-0.3, -0.25) is 0 Å². The van der Waals surface area contributed by atoms with Gasteiger partial charge in [-0.15, -0.1) is 0 Å². The Morgan fingerprint density at radius 1 is 1.14 bits per heavy atom. The minimum Gasteiger partial charge on any atom is -0.368 e. The Hall–Kier alpha value is -1.01. The highest BCUT2D eigenvalue weighted by atomic mass is 32.2. The van der Waals surface area contributed by atoms with Crippen LogP contribution in [0.3, 0.4) is 0 Å². The van der Waals surface area contributed by atoms with Gasteiger partial charge in [0.25, 0.3) is 0 Å². The molecule has 0 amide bonds. The lowest BCUT2D eigenvalue weighted by Crippen LogP contribution is -2.32. The molecule has 0 fully saturated rings. The summed E-state index contributed by atoms with van der Waals surface area (Å²) in [6, 6.07) is 0. The second kappa shape index (κ2) is 8.44. The average Bonchev–Trinajstić information content (AvgIpc) is 2.52. The number of nitrogens with zero attached hydrogens (tertiary/aromatic N) is 2. The molecule has 120 valence electrons. The van der Waals surface area contributed by atoms with E-state index < -0.39 is 0 Å². The average molecular weight is 311 g/mol. The van der Waals surface area contributed by atoms with Crippen LogP contribution in [0.1, 0.15) is 51.4 Å². The van der Waals surface area contributed by atoms with Gasteiger partial charge in [0, 0.05) is 23.3 Å². The number of aryl methyl sites for hydroxylation is 1. The summed E-state index contributed by atoms with van der Waals surface area (Å²) in [7, 11) is 0. The molecule has 0 atom stereocenters. The van der Waals surface area contributed by atoms with Crippen LogP contribution in [0.25, 0.3) is 0 Å². The summed E-state index contributed by atoms with van der Waals surface area (Å²) in [5, 5.41) is 3.51. The van der Waals surface area contributed by atoms with Gasteiger partial charge in [0.2, 0.25) is 0 Å². The first-order chi connectivity index (χ1) is 10.1. The third-order valence-corrected chi connectivity index (χ3v) is 5.69. The van der Waals surface area contributed by atoms with Crippen molar-refractivity contribution in [3.63, 3.8) is 0 Å². The molecule has 0 aromatic carbocycles. The fraction of sp³-hybridized carbons (Fsp3) is 0.733. The summed E-state index contributed by atoms with van der Waals surface area (Å²) in [5.41, 5.74) is 3.65. The fourth-order valence-electron chi connectivity index (χ4n) is 2.32. The maximum Gasteiger partial charge on any atom is 0.148 e.